The number of hydrogen-bond acceptors (Lipinski definition) is 3. The van der Waals surface area contributed by atoms with E-state index in [0.29, 0.717) is 17.7 Å². The summed E-state index contributed by atoms with van der Waals surface area (Å²) in [5.74, 6) is 0. The molecule has 5 heteroatoms. The van der Waals surface area contributed by atoms with Gasteiger partial charge in [-0.2, -0.15) is 0 Å². The number of aromatic nitrogens is 1. The molecule has 0 aliphatic rings. The van der Waals surface area contributed by atoms with Crippen LogP contribution in [-0.4, -0.2) is 15.3 Å². The van der Waals surface area contributed by atoms with Crippen LogP contribution in [-0.2, 0) is 6.42 Å². The minimum atomic E-state index is -0.393. The summed E-state index contributed by atoms with van der Waals surface area (Å²) < 4.78 is 0. The highest BCUT2D eigenvalue weighted by molar-refractivity contribution is 6.20. The van der Waals surface area contributed by atoms with Crippen molar-refractivity contribution in [2.24, 2.45) is 0 Å². The minimum absolute atomic E-state index is 0.0141. The van der Waals surface area contributed by atoms with Crippen LogP contribution in [0.15, 0.2) is 12.3 Å². The molecule has 0 radical (unpaired) electrons. The fourth-order valence-electron chi connectivity index (χ4n) is 1.23. The summed E-state index contributed by atoms with van der Waals surface area (Å²) in [6, 6.07) is 1.50. The van der Waals surface area contributed by atoms with Crippen molar-refractivity contribution in [2.45, 2.75) is 32.1 Å². The average molecular weight is 229 g/mol. The number of pyridine rings is 1. The molecule has 0 N–H and O–H groups in total. The summed E-state index contributed by atoms with van der Waals surface area (Å²) in [6.07, 6.45) is 2.91. The van der Waals surface area contributed by atoms with E-state index in [0.717, 1.165) is 6.42 Å². The molecule has 0 aliphatic heterocycles. The van der Waals surface area contributed by atoms with Crippen LogP contribution < -0.4 is 0 Å². The predicted molar refractivity (Wildman–Crippen MR) is 59.3 cm³/mol. The number of aryl methyl sites for hydroxylation is 1. The maximum atomic E-state index is 10.7. The molecule has 0 amide bonds. The zero-order valence-electron chi connectivity index (χ0n) is 8.74. The van der Waals surface area contributed by atoms with E-state index in [2.05, 4.69) is 4.98 Å². The molecule has 1 aromatic heterocycles. The van der Waals surface area contributed by atoms with Crippen LogP contribution >= 0.6 is 11.6 Å². The van der Waals surface area contributed by atoms with Crippen molar-refractivity contribution in [2.75, 3.05) is 0 Å². The molecule has 0 spiro atoms. The zero-order valence-corrected chi connectivity index (χ0v) is 9.49. The lowest BCUT2D eigenvalue weighted by Crippen LogP contribution is -2.04. The number of alkyl halides is 1. The van der Waals surface area contributed by atoms with E-state index in [9.17, 15) is 10.1 Å². The Balaban J connectivity index is 2.92. The molecule has 0 fully saturated rings. The molecule has 1 heterocycles. The van der Waals surface area contributed by atoms with Gasteiger partial charge in [0.15, 0.2) is 0 Å². The molecule has 1 rings (SSSR count). The van der Waals surface area contributed by atoms with Gasteiger partial charge in [0, 0.05) is 35.3 Å². The van der Waals surface area contributed by atoms with Crippen molar-refractivity contribution in [3.05, 3.63) is 33.6 Å². The standard InChI is InChI=1S/C10H13ClN2O2/c1-3-8(11)4-9-5-10(13(14)15)7(2)6-12-9/h5-6,8H,3-4H2,1-2H3. The molecule has 0 aliphatic carbocycles. The molecule has 1 atom stereocenters. The van der Waals surface area contributed by atoms with E-state index in [1.54, 1.807) is 6.92 Å². The van der Waals surface area contributed by atoms with Gasteiger partial charge >= 0.3 is 0 Å². The second-order valence-electron chi connectivity index (χ2n) is 3.43. The second kappa shape index (κ2) is 5.07. The van der Waals surface area contributed by atoms with E-state index >= 15 is 0 Å². The quantitative estimate of drug-likeness (QED) is 0.452. The molecule has 0 saturated heterocycles. The summed E-state index contributed by atoms with van der Waals surface area (Å²) in [5.41, 5.74) is 1.36. The van der Waals surface area contributed by atoms with Gasteiger partial charge in [-0.05, 0) is 13.3 Å². The lowest BCUT2D eigenvalue weighted by atomic mass is 10.1. The average Bonchev–Trinajstić information content (AvgIpc) is 2.20. The maximum absolute atomic E-state index is 10.7. The van der Waals surface area contributed by atoms with Gasteiger partial charge < -0.3 is 0 Å². The maximum Gasteiger partial charge on any atom is 0.275 e. The molecule has 0 saturated carbocycles. The zero-order chi connectivity index (χ0) is 11.4. The van der Waals surface area contributed by atoms with Gasteiger partial charge in [-0.1, -0.05) is 6.92 Å². The van der Waals surface area contributed by atoms with Gasteiger partial charge in [0.05, 0.1) is 4.92 Å². The van der Waals surface area contributed by atoms with Crippen LogP contribution in [0.5, 0.6) is 0 Å². The van der Waals surface area contributed by atoms with Crippen LogP contribution in [0, 0.1) is 17.0 Å². The van der Waals surface area contributed by atoms with Crippen molar-refractivity contribution in [1.29, 1.82) is 0 Å². The van der Waals surface area contributed by atoms with Crippen molar-refractivity contribution in [3.8, 4) is 0 Å². The number of rotatable bonds is 4. The Morgan fingerprint density at radius 3 is 2.87 bits per heavy atom. The monoisotopic (exact) mass is 228 g/mol. The summed E-state index contributed by atoms with van der Waals surface area (Å²) in [7, 11) is 0. The van der Waals surface area contributed by atoms with Crippen molar-refractivity contribution >= 4 is 17.3 Å². The van der Waals surface area contributed by atoms with Crippen molar-refractivity contribution in [3.63, 3.8) is 0 Å². The first-order valence-electron chi connectivity index (χ1n) is 4.78. The first kappa shape index (κ1) is 11.9. The van der Waals surface area contributed by atoms with Gasteiger partial charge in [0.25, 0.3) is 5.69 Å². The van der Waals surface area contributed by atoms with Gasteiger partial charge in [-0.3, -0.25) is 15.1 Å². The molecule has 1 aromatic rings. The third-order valence-corrected chi connectivity index (χ3v) is 2.66. The fourth-order valence-corrected chi connectivity index (χ4v) is 1.39. The third kappa shape index (κ3) is 3.16. The number of halogens is 1. The van der Waals surface area contributed by atoms with Crippen molar-refractivity contribution < 1.29 is 4.92 Å². The molecule has 4 nitrogen and oxygen atoms in total. The first-order chi connectivity index (χ1) is 7.04. The number of hydrogen-bond donors (Lipinski definition) is 0. The topological polar surface area (TPSA) is 56.0 Å². The second-order valence-corrected chi connectivity index (χ2v) is 4.05. The molecule has 82 valence electrons. The van der Waals surface area contributed by atoms with E-state index in [1.165, 1.54) is 12.3 Å². The van der Waals surface area contributed by atoms with E-state index < -0.39 is 4.92 Å². The molecular weight excluding hydrogens is 216 g/mol. The Morgan fingerprint density at radius 1 is 1.67 bits per heavy atom. The fraction of sp³-hybridized carbons (Fsp3) is 0.500. The number of nitrogens with zero attached hydrogens (tertiary/aromatic N) is 2. The van der Waals surface area contributed by atoms with Gasteiger partial charge in [0.1, 0.15) is 0 Å². The summed E-state index contributed by atoms with van der Waals surface area (Å²) in [6.45, 7) is 3.65. The van der Waals surface area contributed by atoms with Crippen LogP contribution in [0.3, 0.4) is 0 Å². The largest absolute Gasteiger partial charge is 0.275 e. The highest BCUT2D eigenvalue weighted by Crippen LogP contribution is 2.19. The molecule has 0 bridgehead atoms. The predicted octanol–water partition coefficient (Wildman–Crippen LogP) is 2.86. The molecule has 15 heavy (non-hydrogen) atoms. The van der Waals surface area contributed by atoms with Crippen LogP contribution in [0.25, 0.3) is 0 Å². The molecule has 1 unspecified atom stereocenters. The van der Waals surface area contributed by atoms with Crippen LogP contribution in [0.1, 0.15) is 24.6 Å². The lowest BCUT2D eigenvalue weighted by Gasteiger charge is -2.05. The normalized spacial score (nSPS) is 12.5. The SMILES string of the molecule is CCC(Cl)Cc1cc([N+](=O)[O-])c(C)cn1. The first-order valence-corrected chi connectivity index (χ1v) is 5.22. The van der Waals surface area contributed by atoms with E-state index in [4.69, 9.17) is 11.6 Å². The van der Waals surface area contributed by atoms with Crippen molar-refractivity contribution in [1.82, 2.24) is 4.98 Å². The Kier molecular flexibility index (Phi) is 4.03. The summed E-state index contributed by atoms with van der Waals surface area (Å²) in [5, 5.41) is 10.7. The smallest absolute Gasteiger partial charge is 0.260 e. The number of nitro groups is 1. The highest BCUT2D eigenvalue weighted by atomic mass is 35.5. The van der Waals surface area contributed by atoms with Crippen LogP contribution in [0.4, 0.5) is 5.69 Å². The Labute approximate surface area is 93.4 Å². The van der Waals surface area contributed by atoms with E-state index in [1.807, 2.05) is 6.92 Å². The summed E-state index contributed by atoms with van der Waals surface area (Å²) >= 11 is 5.96. The Hall–Kier alpha value is -1.16. The Morgan fingerprint density at radius 2 is 2.33 bits per heavy atom. The van der Waals surface area contributed by atoms with Gasteiger partial charge in [-0.15, -0.1) is 11.6 Å². The molecular formula is C10H13ClN2O2. The Bertz CT molecular complexity index is 368. The van der Waals surface area contributed by atoms with E-state index in [-0.39, 0.29) is 11.1 Å². The highest BCUT2D eigenvalue weighted by Gasteiger charge is 2.13. The minimum Gasteiger partial charge on any atom is -0.260 e. The lowest BCUT2D eigenvalue weighted by molar-refractivity contribution is -0.385. The molecule has 0 aromatic carbocycles. The van der Waals surface area contributed by atoms with Gasteiger partial charge in [-0.25, -0.2) is 0 Å². The summed E-state index contributed by atoms with van der Waals surface area (Å²) in [4.78, 5) is 14.4. The third-order valence-electron chi connectivity index (χ3n) is 2.20. The van der Waals surface area contributed by atoms with Crippen LogP contribution in [0.2, 0.25) is 0 Å². The van der Waals surface area contributed by atoms with Gasteiger partial charge in [0.2, 0.25) is 0 Å².